The van der Waals surface area contributed by atoms with Gasteiger partial charge in [-0.25, -0.2) is 4.39 Å². The highest BCUT2D eigenvalue weighted by Crippen LogP contribution is 2.38. The molecule has 0 saturated carbocycles. The Bertz CT molecular complexity index is 425. The number of hydrogen-bond donors (Lipinski definition) is 0. The highest BCUT2D eigenvalue weighted by molar-refractivity contribution is 9.10. The number of allylic oxidation sites excluding steroid dienone is 1. The Morgan fingerprint density at radius 1 is 1.18 bits per heavy atom. The summed E-state index contributed by atoms with van der Waals surface area (Å²) in [6, 6.07) is 0. The second-order valence-electron chi connectivity index (χ2n) is 5.83. The normalized spacial score (nSPS) is 16.1. The quantitative estimate of drug-likeness (QED) is 0.170. The Morgan fingerprint density at radius 3 is 1.91 bits per heavy atom. The van der Waals surface area contributed by atoms with Crippen LogP contribution < -0.4 is 0 Å². The van der Waals surface area contributed by atoms with Crippen molar-refractivity contribution in [1.29, 1.82) is 0 Å². The highest BCUT2D eigenvalue weighted by Gasteiger charge is 2.50. The van der Waals surface area contributed by atoms with Crippen molar-refractivity contribution in [2.45, 2.75) is 56.6 Å². The van der Waals surface area contributed by atoms with E-state index in [1.807, 2.05) is 15.9 Å². The van der Waals surface area contributed by atoms with E-state index in [1.165, 1.54) is 0 Å². The molecule has 0 aromatic rings. The van der Waals surface area contributed by atoms with Crippen molar-refractivity contribution < 1.29 is 31.1 Å². The maximum atomic E-state index is 14.0. The van der Waals surface area contributed by atoms with Crippen molar-refractivity contribution in [1.82, 2.24) is 0 Å². The Morgan fingerprint density at radius 2 is 1.64 bits per heavy atom. The molecule has 0 saturated heterocycles. The average Bonchev–Trinajstić information content (AvgIpc) is 2.29. The van der Waals surface area contributed by atoms with Crippen LogP contribution in [-0.4, -0.2) is 31.5 Å². The van der Waals surface area contributed by atoms with E-state index in [1.54, 1.807) is 19.6 Å². The molecule has 0 aliphatic rings. The topological polar surface area (TPSA) is 18.5 Å². The molecule has 0 fully saturated rings. The summed E-state index contributed by atoms with van der Waals surface area (Å²) in [6.07, 6.45) is -4.02. The summed E-state index contributed by atoms with van der Waals surface area (Å²) < 4.78 is 78.2. The molecule has 2 nitrogen and oxygen atoms in total. The first-order valence-corrected chi connectivity index (χ1v) is 10.6. The zero-order valence-electron chi connectivity index (χ0n) is 13.0. The first kappa shape index (κ1) is 21.7. The van der Waals surface area contributed by atoms with Gasteiger partial charge >= 0.3 is 10.8 Å². The highest BCUT2D eigenvalue weighted by atomic mass is 79.9. The van der Waals surface area contributed by atoms with Crippen LogP contribution in [0.4, 0.5) is 22.0 Å². The maximum Gasteiger partial charge on any atom is 0.350 e. The van der Waals surface area contributed by atoms with Gasteiger partial charge in [-0.1, -0.05) is 6.08 Å². The van der Waals surface area contributed by atoms with Gasteiger partial charge in [-0.2, -0.15) is 17.6 Å². The van der Waals surface area contributed by atoms with Crippen molar-refractivity contribution in [3.05, 3.63) is 24.1 Å². The van der Waals surface area contributed by atoms with Crippen LogP contribution in [0.3, 0.4) is 0 Å². The van der Waals surface area contributed by atoms with Crippen molar-refractivity contribution in [3.8, 4) is 0 Å². The Kier molecular flexibility index (Phi) is 7.46. The minimum Gasteiger partial charge on any atom is -0.388 e. The summed E-state index contributed by atoms with van der Waals surface area (Å²) in [5.74, 6) is -5.87. The van der Waals surface area contributed by atoms with Gasteiger partial charge in [-0.15, -0.1) is 6.58 Å². The SMILES string of the molecule is C=C[C@H](OC(O[Si](C)(C)C)C(F)(F)Br)C(F)(F)C(F)=C(C)C. The fraction of sp³-hybridized carbons (Fsp3) is 0.692. The summed E-state index contributed by atoms with van der Waals surface area (Å²) in [6.45, 7) is 10.1. The van der Waals surface area contributed by atoms with E-state index < -0.39 is 37.3 Å². The monoisotopic (exact) mass is 410 g/mol. The predicted molar refractivity (Wildman–Crippen MR) is 81.6 cm³/mol. The minimum absolute atomic E-state index is 0.284. The van der Waals surface area contributed by atoms with Crippen LogP contribution in [0, 0.1) is 0 Å². The molecule has 1 unspecified atom stereocenters. The molecule has 0 aromatic carbocycles. The van der Waals surface area contributed by atoms with Crippen LogP contribution in [-0.2, 0) is 9.16 Å². The standard InChI is InChI=1S/C13H20BrF5O2Si/c1-7-9(12(16,17)10(15)8(2)3)20-11(13(14,18)19)21-22(4,5)6/h7,9,11H,1H2,2-6H3/t9-,11?/m0/s1. The van der Waals surface area contributed by atoms with Crippen molar-refractivity contribution in [2.24, 2.45) is 0 Å². The van der Waals surface area contributed by atoms with Crippen LogP contribution in [0.25, 0.3) is 0 Å². The zero-order chi connectivity index (χ0) is 17.9. The number of ether oxygens (including phenoxy) is 1. The second kappa shape index (κ2) is 7.54. The Hall–Kier alpha value is -0.253. The maximum absolute atomic E-state index is 14.0. The van der Waals surface area contributed by atoms with Gasteiger partial charge in [0.1, 0.15) is 6.10 Å². The lowest BCUT2D eigenvalue weighted by molar-refractivity contribution is -0.229. The van der Waals surface area contributed by atoms with E-state index in [9.17, 15) is 22.0 Å². The predicted octanol–water partition coefficient (Wildman–Crippen LogP) is 5.62. The second-order valence-corrected chi connectivity index (χ2v) is 11.4. The molecule has 0 aliphatic carbocycles. The third-order valence-corrected chi connectivity index (χ3v) is 3.60. The molecule has 0 aromatic heterocycles. The third-order valence-electron chi connectivity index (χ3n) is 2.30. The van der Waals surface area contributed by atoms with E-state index in [-0.39, 0.29) is 5.57 Å². The molecule has 0 heterocycles. The molecule has 0 radical (unpaired) electrons. The average molecular weight is 411 g/mol. The summed E-state index contributed by atoms with van der Waals surface area (Å²) in [5.41, 5.74) is -0.284. The largest absolute Gasteiger partial charge is 0.388 e. The van der Waals surface area contributed by atoms with Gasteiger partial charge in [0.2, 0.25) is 6.29 Å². The van der Waals surface area contributed by atoms with Crippen LogP contribution in [0.5, 0.6) is 0 Å². The van der Waals surface area contributed by atoms with Gasteiger partial charge in [0.15, 0.2) is 14.1 Å². The first-order chi connectivity index (χ1) is 9.63. The van der Waals surface area contributed by atoms with Crippen molar-refractivity contribution in [2.75, 3.05) is 0 Å². The fourth-order valence-electron chi connectivity index (χ4n) is 1.37. The molecule has 0 N–H and O–H groups in total. The lowest BCUT2D eigenvalue weighted by Crippen LogP contribution is -2.47. The van der Waals surface area contributed by atoms with Gasteiger partial charge in [0, 0.05) is 0 Å². The van der Waals surface area contributed by atoms with Gasteiger partial charge < -0.3 is 9.16 Å². The smallest absolute Gasteiger partial charge is 0.350 e. The van der Waals surface area contributed by atoms with E-state index in [0.717, 1.165) is 13.8 Å². The van der Waals surface area contributed by atoms with E-state index in [0.29, 0.717) is 6.08 Å². The van der Waals surface area contributed by atoms with Crippen LogP contribution in [0.15, 0.2) is 24.1 Å². The number of rotatable bonds is 8. The summed E-state index contributed by atoms with van der Waals surface area (Å²) in [7, 11) is -2.54. The van der Waals surface area contributed by atoms with Gasteiger partial charge in [0.05, 0.1) is 0 Å². The van der Waals surface area contributed by atoms with E-state index in [4.69, 9.17) is 4.43 Å². The molecule has 0 rings (SSSR count). The Labute approximate surface area is 136 Å². The van der Waals surface area contributed by atoms with Gasteiger partial charge in [-0.05, 0) is 55.0 Å². The molecule has 2 atom stereocenters. The molecular formula is C13H20BrF5O2Si. The summed E-state index contributed by atoms with van der Waals surface area (Å²) >= 11 is 2.04. The van der Waals surface area contributed by atoms with Crippen LogP contribution >= 0.6 is 15.9 Å². The number of hydrogen-bond acceptors (Lipinski definition) is 2. The summed E-state index contributed by atoms with van der Waals surface area (Å²) in [5, 5.41) is 0. The molecule has 9 heteroatoms. The minimum atomic E-state index is -4.13. The molecule has 130 valence electrons. The van der Waals surface area contributed by atoms with Crippen molar-refractivity contribution in [3.63, 3.8) is 0 Å². The third kappa shape index (κ3) is 6.47. The lowest BCUT2D eigenvalue weighted by atomic mass is 10.1. The summed E-state index contributed by atoms with van der Waals surface area (Å²) in [4.78, 5) is -3.72. The molecule has 22 heavy (non-hydrogen) atoms. The van der Waals surface area contributed by atoms with E-state index >= 15 is 0 Å². The number of alkyl halides is 5. The molecule has 0 aliphatic heterocycles. The Balaban J connectivity index is 5.49. The molecule has 0 spiro atoms. The van der Waals surface area contributed by atoms with Crippen LogP contribution in [0.2, 0.25) is 19.6 Å². The van der Waals surface area contributed by atoms with Gasteiger partial charge in [0.25, 0.3) is 0 Å². The lowest BCUT2D eigenvalue weighted by Gasteiger charge is -2.33. The number of halogens is 6. The zero-order valence-corrected chi connectivity index (χ0v) is 15.6. The molecular weight excluding hydrogens is 391 g/mol. The van der Waals surface area contributed by atoms with E-state index in [2.05, 4.69) is 11.3 Å². The van der Waals surface area contributed by atoms with Crippen LogP contribution in [0.1, 0.15) is 13.8 Å². The van der Waals surface area contributed by atoms with Gasteiger partial charge in [-0.3, -0.25) is 0 Å². The fourth-order valence-corrected chi connectivity index (χ4v) is 2.59. The van der Waals surface area contributed by atoms with Crippen molar-refractivity contribution >= 4 is 24.2 Å². The first-order valence-electron chi connectivity index (χ1n) is 6.36. The molecule has 0 bridgehead atoms. The molecule has 0 amide bonds.